The summed E-state index contributed by atoms with van der Waals surface area (Å²) < 4.78 is 14.5. The van der Waals surface area contributed by atoms with Crippen molar-refractivity contribution in [3.63, 3.8) is 0 Å². The molecule has 2 aliphatic rings. The zero-order valence-corrected chi connectivity index (χ0v) is 22.6. The Morgan fingerprint density at radius 3 is 2.78 bits per heavy atom. The van der Waals surface area contributed by atoms with E-state index in [1.807, 2.05) is 55.1 Å². The van der Waals surface area contributed by atoms with Crippen LogP contribution >= 0.6 is 11.6 Å². The number of aryl methyl sites for hydroxylation is 2. The highest BCUT2D eigenvalue weighted by Crippen LogP contribution is 2.39. The Balaban J connectivity index is 1.43. The van der Waals surface area contributed by atoms with Crippen LogP contribution in [0.1, 0.15) is 29.8 Å². The predicted octanol–water partition coefficient (Wildman–Crippen LogP) is 4.96. The highest BCUT2D eigenvalue weighted by atomic mass is 35.5. The lowest BCUT2D eigenvalue weighted by Crippen LogP contribution is -2.35. The normalized spacial score (nSPS) is 18.2. The van der Waals surface area contributed by atoms with E-state index in [4.69, 9.17) is 21.1 Å². The van der Waals surface area contributed by atoms with Gasteiger partial charge in [0.05, 0.1) is 18.8 Å². The fourth-order valence-corrected chi connectivity index (χ4v) is 5.51. The van der Waals surface area contributed by atoms with Crippen molar-refractivity contribution in [2.24, 2.45) is 5.92 Å². The number of hydrogen-bond donors (Lipinski definition) is 0. The summed E-state index contributed by atoms with van der Waals surface area (Å²) >= 11 is 6.31. The lowest BCUT2D eigenvalue weighted by Gasteiger charge is -2.29. The van der Waals surface area contributed by atoms with Gasteiger partial charge in [-0.3, -0.25) is 9.48 Å². The molecule has 1 aromatic heterocycles. The molecular weight excluding hydrogens is 488 g/mol. The standard InChI is InChI=1S/C29H35ClN4O3/c1-20-12-21(2)34(31-20)18-28(35)33-10-11-36-29-25(17-33)13-24(23-7-4-8-26(30)14-23)15-27(29)37-19-22-6-5-9-32(3)16-22/h4,7-8,12-15,22H,5-6,9-11,16-19H2,1-3H3. The maximum atomic E-state index is 13.3. The molecule has 1 amide bonds. The van der Waals surface area contributed by atoms with Crippen molar-refractivity contribution in [2.75, 3.05) is 39.9 Å². The van der Waals surface area contributed by atoms with Crippen LogP contribution in [0.3, 0.4) is 0 Å². The van der Waals surface area contributed by atoms with Gasteiger partial charge in [0.2, 0.25) is 5.91 Å². The molecule has 1 atom stereocenters. The molecule has 0 bridgehead atoms. The SMILES string of the molecule is Cc1cc(C)n(CC(=O)N2CCOc3c(cc(-c4cccc(Cl)c4)cc3OCC3CCCN(C)C3)C2)n1. The molecule has 2 aromatic carbocycles. The monoisotopic (exact) mass is 522 g/mol. The largest absolute Gasteiger partial charge is 0.489 e. The zero-order valence-electron chi connectivity index (χ0n) is 21.9. The number of benzene rings is 2. The van der Waals surface area contributed by atoms with E-state index < -0.39 is 0 Å². The molecule has 2 aliphatic heterocycles. The molecule has 0 spiro atoms. The van der Waals surface area contributed by atoms with E-state index in [2.05, 4.69) is 23.1 Å². The summed E-state index contributed by atoms with van der Waals surface area (Å²) in [7, 11) is 2.17. The van der Waals surface area contributed by atoms with Gasteiger partial charge >= 0.3 is 0 Å². The number of nitrogens with zero attached hydrogens (tertiary/aromatic N) is 4. The van der Waals surface area contributed by atoms with Gasteiger partial charge in [-0.25, -0.2) is 0 Å². The van der Waals surface area contributed by atoms with E-state index in [-0.39, 0.29) is 12.5 Å². The summed E-state index contributed by atoms with van der Waals surface area (Å²) in [5, 5.41) is 5.14. The molecule has 196 valence electrons. The van der Waals surface area contributed by atoms with E-state index in [9.17, 15) is 4.79 Å². The number of ether oxygens (including phenoxy) is 2. The summed E-state index contributed by atoms with van der Waals surface area (Å²) in [4.78, 5) is 17.5. The number of carbonyl (C=O) groups excluding carboxylic acids is 1. The number of halogens is 1. The number of fused-ring (bicyclic) bond motifs is 1. The Morgan fingerprint density at radius 1 is 1.16 bits per heavy atom. The Morgan fingerprint density at radius 2 is 2.03 bits per heavy atom. The molecule has 0 radical (unpaired) electrons. The third-order valence-electron chi connectivity index (χ3n) is 7.20. The van der Waals surface area contributed by atoms with E-state index in [1.165, 1.54) is 6.42 Å². The van der Waals surface area contributed by atoms with E-state index in [1.54, 1.807) is 4.68 Å². The third kappa shape index (κ3) is 6.11. The first-order valence-electron chi connectivity index (χ1n) is 13.0. The van der Waals surface area contributed by atoms with Crippen LogP contribution < -0.4 is 9.47 Å². The Bertz CT molecular complexity index is 1270. The average Bonchev–Trinajstić information content (AvgIpc) is 3.05. The van der Waals surface area contributed by atoms with Crippen molar-refractivity contribution in [3.05, 3.63) is 64.4 Å². The fraction of sp³-hybridized carbons (Fsp3) is 0.448. The number of likely N-dealkylation sites (tertiary alicyclic amines) is 1. The third-order valence-corrected chi connectivity index (χ3v) is 7.43. The number of rotatable bonds is 6. The highest BCUT2D eigenvalue weighted by molar-refractivity contribution is 6.30. The first kappa shape index (κ1) is 25.6. The quantitative estimate of drug-likeness (QED) is 0.458. The van der Waals surface area contributed by atoms with Gasteiger partial charge in [0.15, 0.2) is 11.5 Å². The minimum absolute atomic E-state index is 0.0171. The van der Waals surface area contributed by atoms with E-state index in [0.717, 1.165) is 59.1 Å². The van der Waals surface area contributed by atoms with Gasteiger partial charge in [0.1, 0.15) is 13.2 Å². The molecule has 8 heteroatoms. The van der Waals surface area contributed by atoms with E-state index >= 15 is 0 Å². The number of piperidine rings is 1. The molecule has 1 unspecified atom stereocenters. The van der Waals surface area contributed by atoms with Gasteiger partial charge in [-0.1, -0.05) is 23.7 Å². The first-order chi connectivity index (χ1) is 17.9. The van der Waals surface area contributed by atoms with Crippen LogP contribution in [0.5, 0.6) is 11.5 Å². The van der Waals surface area contributed by atoms with Gasteiger partial charge < -0.3 is 19.3 Å². The molecule has 1 fully saturated rings. The Hall–Kier alpha value is -3.03. The molecule has 3 aromatic rings. The lowest BCUT2D eigenvalue weighted by molar-refractivity contribution is -0.132. The number of aromatic nitrogens is 2. The van der Waals surface area contributed by atoms with Crippen LogP contribution in [0.25, 0.3) is 11.1 Å². The molecular formula is C29H35ClN4O3. The minimum Gasteiger partial charge on any atom is -0.489 e. The topological polar surface area (TPSA) is 59.8 Å². The maximum Gasteiger partial charge on any atom is 0.244 e. The highest BCUT2D eigenvalue weighted by Gasteiger charge is 2.25. The molecule has 1 saturated heterocycles. The van der Waals surface area contributed by atoms with Crippen molar-refractivity contribution in [1.82, 2.24) is 19.6 Å². The zero-order chi connectivity index (χ0) is 25.9. The van der Waals surface area contributed by atoms with Crippen LogP contribution in [0, 0.1) is 19.8 Å². The van der Waals surface area contributed by atoms with Crippen molar-refractivity contribution in [3.8, 4) is 22.6 Å². The second-order valence-electron chi connectivity index (χ2n) is 10.3. The Labute approximate surface area is 223 Å². The molecule has 7 nitrogen and oxygen atoms in total. The minimum atomic E-state index is 0.0171. The van der Waals surface area contributed by atoms with Crippen molar-refractivity contribution >= 4 is 17.5 Å². The molecule has 0 aliphatic carbocycles. The molecule has 5 rings (SSSR count). The lowest BCUT2D eigenvalue weighted by atomic mass is 9.99. The van der Waals surface area contributed by atoms with Gasteiger partial charge in [-0.2, -0.15) is 5.10 Å². The summed E-state index contributed by atoms with van der Waals surface area (Å²) in [6.45, 7) is 8.30. The van der Waals surface area contributed by atoms with Crippen molar-refractivity contribution in [1.29, 1.82) is 0 Å². The summed E-state index contributed by atoms with van der Waals surface area (Å²) in [6, 6.07) is 13.9. The molecule has 0 saturated carbocycles. The van der Waals surface area contributed by atoms with Crippen molar-refractivity contribution in [2.45, 2.75) is 39.8 Å². The van der Waals surface area contributed by atoms with Crippen LogP contribution in [0.15, 0.2) is 42.5 Å². The van der Waals surface area contributed by atoms with Crippen molar-refractivity contribution < 1.29 is 14.3 Å². The summed E-state index contributed by atoms with van der Waals surface area (Å²) in [5.41, 5.74) is 4.82. The number of amides is 1. The van der Waals surface area contributed by atoms with E-state index in [0.29, 0.717) is 37.2 Å². The molecule has 0 N–H and O–H groups in total. The van der Waals surface area contributed by atoms with Crippen LogP contribution in [-0.2, 0) is 17.9 Å². The van der Waals surface area contributed by atoms with Gasteiger partial charge in [0.25, 0.3) is 0 Å². The second-order valence-corrected chi connectivity index (χ2v) is 10.7. The van der Waals surface area contributed by atoms with Gasteiger partial charge in [-0.05, 0) is 81.7 Å². The number of hydrogen-bond acceptors (Lipinski definition) is 5. The van der Waals surface area contributed by atoms with Crippen LogP contribution in [-0.4, -0.2) is 65.4 Å². The van der Waals surface area contributed by atoms with Gasteiger partial charge in [0, 0.05) is 35.3 Å². The molecule has 3 heterocycles. The summed E-state index contributed by atoms with van der Waals surface area (Å²) in [5.74, 6) is 1.96. The summed E-state index contributed by atoms with van der Waals surface area (Å²) in [6.07, 6.45) is 2.35. The smallest absolute Gasteiger partial charge is 0.244 e. The Kier molecular flexibility index (Phi) is 7.72. The second kappa shape index (κ2) is 11.2. The van der Waals surface area contributed by atoms with Crippen LogP contribution in [0.2, 0.25) is 5.02 Å². The first-order valence-corrected chi connectivity index (χ1v) is 13.4. The fourth-order valence-electron chi connectivity index (χ4n) is 5.32. The van der Waals surface area contributed by atoms with Gasteiger partial charge in [-0.15, -0.1) is 0 Å². The maximum absolute atomic E-state index is 13.3. The average molecular weight is 523 g/mol. The predicted molar refractivity (Wildman–Crippen MR) is 145 cm³/mol. The van der Waals surface area contributed by atoms with Crippen LogP contribution in [0.4, 0.5) is 0 Å². The number of carbonyl (C=O) groups is 1. The molecule has 37 heavy (non-hydrogen) atoms.